The molecule has 0 aliphatic heterocycles. The van der Waals surface area contributed by atoms with Crippen LogP contribution < -0.4 is 0 Å². The molecule has 0 aromatic carbocycles. The van der Waals surface area contributed by atoms with Gasteiger partial charge in [0, 0.05) is 18.6 Å². The minimum absolute atomic E-state index is 0.279. The third-order valence-electron chi connectivity index (χ3n) is 1.33. The molecule has 2 heterocycles. The largest absolute Gasteiger partial charge is 0.265 e. The molecule has 2 nitrogen and oxygen atoms in total. The summed E-state index contributed by atoms with van der Waals surface area (Å²) in [5.41, 5.74) is 0. The lowest BCUT2D eigenvalue weighted by molar-refractivity contribution is 1.33. The summed E-state index contributed by atoms with van der Waals surface area (Å²) < 4.78 is 0. The van der Waals surface area contributed by atoms with E-state index in [1.807, 2.05) is 18.2 Å². The van der Waals surface area contributed by atoms with E-state index in [0.717, 1.165) is 0 Å². The first-order chi connectivity index (χ1) is 7.20. The van der Waals surface area contributed by atoms with Crippen LogP contribution in [0.2, 0.25) is 15.2 Å². The van der Waals surface area contributed by atoms with Crippen molar-refractivity contribution < 1.29 is 0 Å². The fourth-order valence-corrected chi connectivity index (χ4v) is 1.19. The van der Waals surface area contributed by atoms with Gasteiger partial charge in [0.2, 0.25) is 0 Å². The zero-order valence-electron chi connectivity index (χ0n) is 7.57. The highest BCUT2D eigenvalue weighted by molar-refractivity contribution is 6.42. The Balaban J connectivity index is 0.000000162. The Kier molecular flexibility index (Phi) is 5.40. The van der Waals surface area contributed by atoms with Gasteiger partial charge in [-0.3, -0.25) is 4.98 Å². The standard InChI is InChI=1S/C5H2Cl3N.C5H5N/c6-3-1-4(7)5(8)9-2-3;1-2-4-6-5-3-1/h1-2H;1-5H. The number of hydrogen-bond acceptors (Lipinski definition) is 2. The first-order valence-corrected chi connectivity index (χ1v) is 5.15. The van der Waals surface area contributed by atoms with E-state index in [1.165, 1.54) is 6.20 Å². The quantitative estimate of drug-likeness (QED) is 0.667. The smallest absolute Gasteiger partial charge is 0.147 e. The lowest BCUT2D eigenvalue weighted by atomic mass is 10.5. The fourth-order valence-electron chi connectivity index (χ4n) is 0.710. The van der Waals surface area contributed by atoms with Crippen molar-refractivity contribution in [3.05, 3.63) is 58.1 Å². The van der Waals surface area contributed by atoms with Gasteiger partial charge in [-0.15, -0.1) is 0 Å². The lowest BCUT2D eigenvalue weighted by Gasteiger charge is -1.91. The van der Waals surface area contributed by atoms with Crippen LogP contribution in [-0.2, 0) is 0 Å². The molecule has 0 saturated carbocycles. The second kappa shape index (κ2) is 6.62. The van der Waals surface area contributed by atoms with Crippen molar-refractivity contribution in [2.45, 2.75) is 0 Å². The van der Waals surface area contributed by atoms with Crippen LogP contribution in [0.5, 0.6) is 0 Å². The Morgan fingerprint density at radius 3 is 1.93 bits per heavy atom. The summed E-state index contributed by atoms with van der Waals surface area (Å²) in [5.74, 6) is 0. The van der Waals surface area contributed by atoms with E-state index in [1.54, 1.807) is 18.5 Å². The molecule has 0 bridgehead atoms. The predicted molar refractivity (Wildman–Crippen MR) is 63.5 cm³/mol. The second-order valence-electron chi connectivity index (χ2n) is 2.45. The third kappa shape index (κ3) is 4.98. The van der Waals surface area contributed by atoms with Crippen LogP contribution in [-0.4, -0.2) is 9.97 Å². The van der Waals surface area contributed by atoms with Crippen LogP contribution in [0.15, 0.2) is 42.9 Å². The van der Waals surface area contributed by atoms with Gasteiger partial charge in [-0.2, -0.15) is 0 Å². The van der Waals surface area contributed by atoms with Crippen LogP contribution in [0.3, 0.4) is 0 Å². The van der Waals surface area contributed by atoms with E-state index in [4.69, 9.17) is 34.8 Å². The van der Waals surface area contributed by atoms with Gasteiger partial charge in [0.15, 0.2) is 0 Å². The van der Waals surface area contributed by atoms with Gasteiger partial charge in [-0.25, -0.2) is 4.98 Å². The molecule has 2 rings (SSSR count). The summed E-state index contributed by atoms with van der Waals surface area (Å²) in [6.45, 7) is 0. The first kappa shape index (κ1) is 12.2. The SMILES string of the molecule is Clc1cnc(Cl)c(Cl)c1.c1ccncc1. The van der Waals surface area contributed by atoms with Gasteiger partial charge in [-0.1, -0.05) is 40.9 Å². The number of hydrogen-bond donors (Lipinski definition) is 0. The van der Waals surface area contributed by atoms with Gasteiger partial charge in [-0.05, 0) is 18.2 Å². The molecule has 0 spiro atoms. The van der Waals surface area contributed by atoms with Crippen molar-refractivity contribution in [1.82, 2.24) is 9.97 Å². The highest BCUT2D eigenvalue weighted by Crippen LogP contribution is 2.21. The maximum atomic E-state index is 5.54. The molecule has 15 heavy (non-hydrogen) atoms. The lowest BCUT2D eigenvalue weighted by Crippen LogP contribution is -1.74. The molecular weight excluding hydrogens is 254 g/mol. The van der Waals surface area contributed by atoms with Gasteiger partial charge in [0.25, 0.3) is 0 Å². The summed E-state index contributed by atoms with van der Waals surface area (Å²) >= 11 is 16.5. The van der Waals surface area contributed by atoms with E-state index >= 15 is 0 Å². The normalized spacial score (nSPS) is 9.00. The Bertz CT molecular complexity index is 380. The molecule has 0 aliphatic rings. The monoisotopic (exact) mass is 260 g/mol. The third-order valence-corrected chi connectivity index (χ3v) is 2.22. The number of halogens is 3. The first-order valence-electron chi connectivity index (χ1n) is 4.01. The van der Waals surface area contributed by atoms with E-state index in [-0.39, 0.29) is 5.15 Å². The molecule has 0 atom stereocenters. The minimum atomic E-state index is 0.279. The Hall–Kier alpha value is -0.830. The predicted octanol–water partition coefficient (Wildman–Crippen LogP) is 4.12. The van der Waals surface area contributed by atoms with Crippen LogP contribution in [0.4, 0.5) is 0 Å². The van der Waals surface area contributed by atoms with E-state index in [9.17, 15) is 0 Å². The molecule has 0 radical (unpaired) electrons. The molecule has 0 fully saturated rings. The number of aromatic nitrogens is 2. The molecule has 0 saturated heterocycles. The highest BCUT2D eigenvalue weighted by Gasteiger charge is 1.96. The maximum absolute atomic E-state index is 5.54. The van der Waals surface area contributed by atoms with Gasteiger partial charge < -0.3 is 0 Å². The van der Waals surface area contributed by atoms with Crippen molar-refractivity contribution in [3.63, 3.8) is 0 Å². The van der Waals surface area contributed by atoms with Gasteiger partial charge >= 0.3 is 0 Å². The molecule has 78 valence electrons. The maximum Gasteiger partial charge on any atom is 0.147 e. The topological polar surface area (TPSA) is 25.8 Å². The summed E-state index contributed by atoms with van der Waals surface area (Å²) in [7, 11) is 0. The van der Waals surface area contributed by atoms with E-state index in [0.29, 0.717) is 10.0 Å². The zero-order chi connectivity index (χ0) is 11.1. The Morgan fingerprint density at radius 1 is 0.933 bits per heavy atom. The average Bonchev–Trinajstić information content (AvgIpc) is 2.27. The number of pyridine rings is 2. The van der Waals surface area contributed by atoms with Gasteiger partial charge in [0.1, 0.15) is 5.15 Å². The summed E-state index contributed by atoms with van der Waals surface area (Å²) in [6.07, 6.45) is 4.94. The summed E-state index contributed by atoms with van der Waals surface area (Å²) in [6, 6.07) is 7.26. The zero-order valence-corrected chi connectivity index (χ0v) is 9.84. The van der Waals surface area contributed by atoms with Crippen molar-refractivity contribution in [2.75, 3.05) is 0 Å². The minimum Gasteiger partial charge on any atom is -0.265 e. The molecule has 0 aliphatic carbocycles. The van der Waals surface area contributed by atoms with E-state index < -0.39 is 0 Å². The molecule has 5 heteroatoms. The van der Waals surface area contributed by atoms with Gasteiger partial charge in [0.05, 0.1) is 10.0 Å². The highest BCUT2D eigenvalue weighted by atomic mass is 35.5. The average molecular weight is 262 g/mol. The van der Waals surface area contributed by atoms with E-state index in [2.05, 4.69) is 9.97 Å². The van der Waals surface area contributed by atoms with Crippen molar-refractivity contribution in [1.29, 1.82) is 0 Å². The molecule has 0 unspecified atom stereocenters. The number of nitrogens with zero attached hydrogens (tertiary/aromatic N) is 2. The molecule has 2 aromatic rings. The summed E-state index contributed by atoms with van der Waals surface area (Å²) in [4.78, 5) is 7.46. The summed E-state index contributed by atoms with van der Waals surface area (Å²) in [5, 5.41) is 1.15. The second-order valence-corrected chi connectivity index (χ2v) is 3.65. The molecular formula is C10H7Cl3N2. The molecule has 0 N–H and O–H groups in total. The van der Waals surface area contributed by atoms with Crippen LogP contribution >= 0.6 is 34.8 Å². The van der Waals surface area contributed by atoms with Crippen molar-refractivity contribution in [2.24, 2.45) is 0 Å². The molecule has 2 aromatic heterocycles. The van der Waals surface area contributed by atoms with Crippen molar-refractivity contribution in [3.8, 4) is 0 Å². The van der Waals surface area contributed by atoms with Crippen LogP contribution in [0, 0.1) is 0 Å². The van der Waals surface area contributed by atoms with Crippen LogP contribution in [0.1, 0.15) is 0 Å². The Morgan fingerprint density at radius 2 is 1.60 bits per heavy atom. The van der Waals surface area contributed by atoms with Crippen LogP contribution in [0.25, 0.3) is 0 Å². The van der Waals surface area contributed by atoms with Crippen molar-refractivity contribution >= 4 is 34.8 Å². The number of rotatable bonds is 0. The molecule has 0 amide bonds. The Labute approximate surface area is 103 Å². The fraction of sp³-hybridized carbons (Fsp3) is 0.